The van der Waals surface area contributed by atoms with Gasteiger partial charge in [0.15, 0.2) is 0 Å². The molecule has 3 fully saturated rings. The van der Waals surface area contributed by atoms with Crippen LogP contribution >= 0.6 is 24.8 Å². The number of nitrogens with one attached hydrogen (secondary N) is 1. The lowest BCUT2D eigenvalue weighted by atomic mass is 9.60. The number of nitrogens with zero attached hydrogens (tertiary/aromatic N) is 1. The largest absolute Gasteiger partial charge is 0.490 e. The second-order valence-corrected chi connectivity index (χ2v) is 11.0. The third-order valence-electron chi connectivity index (χ3n) is 7.56. The first-order chi connectivity index (χ1) is 19.0. The van der Waals surface area contributed by atoms with Gasteiger partial charge in [-0.05, 0) is 75.4 Å². The predicted octanol–water partition coefficient (Wildman–Crippen LogP) is 6.19. The highest BCUT2D eigenvalue weighted by molar-refractivity contribution is 5.85. The number of rotatable bonds is 7. The van der Waals surface area contributed by atoms with Gasteiger partial charge in [-0.25, -0.2) is 9.59 Å². The number of piperidine rings is 1. The van der Waals surface area contributed by atoms with Gasteiger partial charge in [0.1, 0.15) is 0 Å². The molecule has 4 N–H and O–H groups in total. The van der Waals surface area contributed by atoms with E-state index >= 15 is 0 Å². The van der Waals surface area contributed by atoms with E-state index in [9.17, 15) is 31.4 Å². The number of aliphatic hydroxyl groups excluding tert-OH is 1. The van der Waals surface area contributed by atoms with Crippen LogP contribution in [-0.2, 0) is 9.59 Å². The summed E-state index contributed by atoms with van der Waals surface area (Å²) in [6.45, 7) is 7.38. The molecule has 0 radical (unpaired) electrons. The number of aliphatic carboxylic acids is 2. The first-order valence-corrected chi connectivity index (χ1v) is 13.5. The van der Waals surface area contributed by atoms with Crippen molar-refractivity contribution >= 4 is 42.8 Å². The zero-order chi connectivity index (χ0) is 31.0. The van der Waals surface area contributed by atoms with Crippen molar-refractivity contribution < 1.29 is 51.3 Å². The number of likely N-dealkylation sites (tertiary alicyclic amines) is 1. The molecular weight excluding hydrogens is 629 g/mol. The van der Waals surface area contributed by atoms with Crippen molar-refractivity contribution in [1.82, 2.24) is 10.2 Å². The summed E-state index contributed by atoms with van der Waals surface area (Å²) in [6.07, 6.45) is -0.111. The van der Waals surface area contributed by atoms with E-state index in [0.29, 0.717) is 11.5 Å². The molecule has 0 aromatic heterocycles. The molecule has 1 unspecified atom stereocenters. The maximum atomic E-state index is 10.6. The molecule has 248 valence electrons. The van der Waals surface area contributed by atoms with E-state index in [0.717, 1.165) is 24.9 Å². The van der Waals surface area contributed by atoms with Crippen LogP contribution in [0.1, 0.15) is 57.9 Å². The molecule has 15 heteroatoms. The minimum Gasteiger partial charge on any atom is -0.475 e. The quantitative estimate of drug-likeness (QED) is 0.256. The molecular formula is C28H40Cl2F6N2O5. The molecule has 1 aliphatic heterocycles. The van der Waals surface area contributed by atoms with Gasteiger partial charge >= 0.3 is 24.3 Å². The average molecular weight is 670 g/mol. The van der Waals surface area contributed by atoms with Gasteiger partial charge in [0, 0.05) is 18.6 Å². The summed E-state index contributed by atoms with van der Waals surface area (Å²) in [4.78, 5) is 20.2. The normalized spacial score (nSPS) is 22.2. The molecule has 3 atom stereocenters. The number of carbonyl (C=O) groups is 2. The second kappa shape index (κ2) is 17.4. The Hall–Kier alpha value is -2.06. The molecule has 1 aromatic carbocycles. The number of halogens is 8. The number of alkyl halides is 6. The molecule has 0 bridgehead atoms. The van der Waals surface area contributed by atoms with Gasteiger partial charge in [0.2, 0.25) is 0 Å². The summed E-state index contributed by atoms with van der Waals surface area (Å²) in [7, 11) is 0. The fraction of sp³-hybridized carbons (Fsp3) is 0.643. The van der Waals surface area contributed by atoms with Crippen LogP contribution in [0, 0.1) is 11.3 Å². The van der Waals surface area contributed by atoms with Crippen molar-refractivity contribution in [3.63, 3.8) is 0 Å². The molecule has 0 amide bonds. The second-order valence-electron chi connectivity index (χ2n) is 11.0. The average Bonchev–Trinajstić information content (AvgIpc) is 3.61. The van der Waals surface area contributed by atoms with Crippen LogP contribution in [0.5, 0.6) is 0 Å². The van der Waals surface area contributed by atoms with E-state index in [4.69, 9.17) is 19.8 Å². The van der Waals surface area contributed by atoms with Crippen molar-refractivity contribution in [2.24, 2.45) is 11.3 Å². The molecule has 43 heavy (non-hydrogen) atoms. The number of aliphatic hydroxyl groups is 1. The van der Waals surface area contributed by atoms with E-state index < -0.39 is 24.3 Å². The lowest BCUT2D eigenvalue weighted by Gasteiger charge is -2.53. The fourth-order valence-electron chi connectivity index (χ4n) is 5.42. The van der Waals surface area contributed by atoms with E-state index in [1.54, 1.807) is 5.57 Å². The van der Waals surface area contributed by atoms with Gasteiger partial charge in [0.25, 0.3) is 0 Å². The molecule has 1 aromatic rings. The Morgan fingerprint density at radius 2 is 1.47 bits per heavy atom. The van der Waals surface area contributed by atoms with Crippen LogP contribution in [0.25, 0.3) is 6.08 Å². The van der Waals surface area contributed by atoms with E-state index in [1.165, 1.54) is 50.8 Å². The Kier molecular flexibility index (Phi) is 16.6. The summed E-state index contributed by atoms with van der Waals surface area (Å²) in [5.74, 6) is -4.76. The van der Waals surface area contributed by atoms with Gasteiger partial charge in [0.05, 0.1) is 6.10 Å². The maximum Gasteiger partial charge on any atom is 0.490 e. The standard InChI is InChI=1S/C24H36N2O.2C2HF3O2.2ClH/c1-3-20(13-19-7-5-4-6-8-19)22-14-23(22)25-21-15-24(16-21)9-11-26(12-10-24)17-18(2)27;2*3-2(4,5)1(6)7;;/h4-8,13,18,21-23,25,27H,3,9-12,14-17H2,1-2H3;2*(H,6,7);2*1H/b20-13+;;;;/t18?,22-,23+;;;;/m1..../s1. The minimum atomic E-state index is -5.08. The maximum absolute atomic E-state index is 10.6. The Labute approximate surface area is 259 Å². The van der Waals surface area contributed by atoms with Gasteiger partial charge < -0.3 is 25.5 Å². The molecule has 3 aliphatic rings. The number of carboxylic acids is 2. The third-order valence-corrected chi connectivity index (χ3v) is 7.56. The Morgan fingerprint density at radius 3 is 1.86 bits per heavy atom. The first kappa shape index (κ1) is 40.9. The van der Waals surface area contributed by atoms with E-state index in [2.05, 4.69) is 53.5 Å². The number of carboxylic acid groups (broad SMARTS) is 2. The van der Waals surface area contributed by atoms with Crippen LogP contribution in [0.15, 0.2) is 35.9 Å². The summed E-state index contributed by atoms with van der Waals surface area (Å²) < 4.78 is 63.5. The van der Waals surface area contributed by atoms with Gasteiger partial charge in [-0.15, -0.1) is 24.8 Å². The van der Waals surface area contributed by atoms with Crippen LogP contribution in [0.2, 0.25) is 0 Å². The predicted molar refractivity (Wildman–Crippen MR) is 154 cm³/mol. The fourth-order valence-corrected chi connectivity index (χ4v) is 5.42. The van der Waals surface area contributed by atoms with Crippen molar-refractivity contribution in [3.05, 3.63) is 41.5 Å². The Balaban J connectivity index is 0.000000927. The number of hydrogen-bond donors (Lipinski definition) is 4. The molecule has 2 aliphatic carbocycles. The van der Waals surface area contributed by atoms with Gasteiger partial charge in [-0.1, -0.05) is 48.9 Å². The SMILES string of the molecule is CC/C(=C\c1ccccc1)[C@H]1C[C@@H]1NC1CC2(CCN(CC(C)O)CC2)C1.Cl.Cl.O=C(O)C(F)(F)F.O=C(O)C(F)(F)F. The monoisotopic (exact) mass is 668 g/mol. The molecule has 4 rings (SSSR count). The van der Waals surface area contributed by atoms with Crippen LogP contribution in [-0.4, -0.2) is 82.3 Å². The number of hydrogen-bond acceptors (Lipinski definition) is 5. The van der Waals surface area contributed by atoms with Crippen molar-refractivity contribution in [1.29, 1.82) is 0 Å². The zero-order valence-corrected chi connectivity index (χ0v) is 25.5. The smallest absolute Gasteiger partial charge is 0.475 e. The zero-order valence-electron chi connectivity index (χ0n) is 23.8. The summed E-state index contributed by atoms with van der Waals surface area (Å²) in [5.41, 5.74) is 3.55. The lowest BCUT2D eigenvalue weighted by molar-refractivity contribution is -0.193. The van der Waals surface area contributed by atoms with Crippen molar-refractivity contribution in [3.8, 4) is 0 Å². The third kappa shape index (κ3) is 14.1. The lowest BCUT2D eigenvalue weighted by Crippen LogP contribution is -2.54. The van der Waals surface area contributed by atoms with E-state index in [-0.39, 0.29) is 30.9 Å². The molecule has 1 spiro atoms. The van der Waals surface area contributed by atoms with E-state index in [1.807, 2.05) is 6.92 Å². The highest BCUT2D eigenvalue weighted by atomic mass is 35.5. The molecule has 2 saturated carbocycles. The van der Waals surface area contributed by atoms with Crippen LogP contribution in [0.4, 0.5) is 26.3 Å². The topological polar surface area (TPSA) is 110 Å². The molecule has 7 nitrogen and oxygen atoms in total. The minimum absolute atomic E-state index is 0. The molecule has 1 heterocycles. The summed E-state index contributed by atoms with van der Waals surface area (Å²) in [6, 6.07) is 12.2. The summed E-state index contributed by atoms with van der Waals surface area (Å²) in [5, 5.41) is 27.8. The van der Waals surface area contributed by atoms with Crippen LogP contribution in [0.3, 0.4) is 0 Å². The Morgan fingerprint density at radius 1 is 1.00 bits per heavy atom. The van der Waals surface area contributed by atoms with Gasteiger partial charge in [-0.2, -0.15) is 26.3 Å². The van der Waals surface area contributed by atoms with Crippen LogP contribution < -0.4 is 5.32 Å². The number of benzene rings is 1. The van der Waals surface area contributed by atoms with Gasteiger partial charge in [-0.3, -0.25) is 0 Å². The first-order valence-electron chi connectivity index (χ1n) is 13.5. The Bertz CT molecular complexity index is 1000. The van der Waals surface area contributed by atoms with Crippen molar-refractivity contribution in [2.45, 2.75) is 82.9 Å². The molecule has 1 saturated heterocycles. The summed E-state index contributed by atoms with van der Waals surface area (Å²) >= 11 is 0. The highest BCUT2D eigenvalue weighted by Crippen LogP contribution is 2.51. The highest BCUT2D eigenvalue weighted by Gasteiger charge is 2.49. The number of β-amino-alcohol motifs (C(OH)–C–C–N with tert-alkyl or cyclic N) is 1. The van der Waals surface area contributed by atoms with Crippen molar-refractivity contribution in [2.75, 3.05) is 19.6 Å².